The van der Waals surface area contributed by atoms with Crippen LogP contribution in [0.1, 0.15) is 30.6 Å². The number of carbonyl (C=O) groups is 2. The van der Waals surface area contributed by atoms with Crippen molar-refractivity contribution in [2.24, 2.45) is 0 Å². The molecule has 1 unspecified atom stereocenters. The lowest BCUT2D eigenvalue weighted by atomic mass is 10.2. The Morgan fingerprint density at radius 3 is 2.59 bits per heavy atom. The highest BCUT2D eigenvalue weighted by Gasteiger charge is 2.20. The average Bonchev–Trinajstić information content (AvgIpc) is 2.52. The van der Waals surface area contributed by atoms with Gasteiger partial charge in [0, 0.05) is 6.54 Å². The summed E-state index contributed by atoms with van der Waals surface area (Å²) in [6.45, 7) is 3.86. The molecule has 22 heavy (non-hydrogen) atoms. The molecule has 0 aliphatic carbocycles. The minimum Gasteiger partial charge on any atom is -0.449 e. The fraction of sp³-hybridized carbons (Fsp3) is 0.429. The molecule has 0 aliphatic rings. The number of nitrogens with one attached hydrogen (secondary N) is 2. The maximum Gasteiger partial charge on any atom is 0.338 e. The highest BCUT2D eigenvalue weighted by molar-refractivity contribution is 7.89. The Hall–Kier alpha value is -1.93. The van der Waals surface area contributed by atoms with Crippen LogP contribution in [0.5, 0.6) is 0 Å². The van der Waals surface area contributed by atoms with E-state index in [-0.39, 0.29) is 10.5 Å². The Balaban J connectivity index is 2.82. The van der Waals surface area contributed by atoms with E-state index in [1.165, 1.54) is 38.2 Å². The van der Waals surface area contributed by atoms with Gasteiger partial charge in [0.15, 0.2) is 6.10 Å². The Morgan fingerprint density at radius 1 is 1.32 bits per heavy atom. The van der Waals surface area contributed by atoms with Crippen LogP contribution in [0, 0.1) is 0 Å². The Bertz CT molecular complexity index is 642. The highest BCUT2D eigenvalue weighted by atomic mass is 32.2. The number of hydrogen-bond donors (Lipinski definition) is 2. The minimum absolute atomic E-state index is 0.0486. The van der Waals surface area contributed by atoms with Crippen LogP contribution in [0.3, 0.4) is 0 Å². The van der Waals surface area contributed by atoms with E-state index >= 15 is 0 Å². The van der Waals surface area contributed by atoms with Crippen LogP contribution in [0.15, 0.2) is 29.2 Å². The van der Waals surface area contributed by atoms with Crippen molar-refractivity contribution < 1.29 is 22.7 Å². The van der Waals surface area contributed by atoms with Gasteiger partial charge in [-0.1, -0.05) is 13.0 Å². The van der Waals surface area contributed by atoms with E-state index < -0.39 is 28.0 Å². The summed E-state index contributed by atoms with van der Waals surface area (Å²) >= 11 is 0. The Morgan fingerprint density at radius 2 is 2.00 bits per heavy atom. The number of carbonyl (C=O) groups excluding carboxylic acids is 2. The van der Waals surface area contributed by atoms with Crippen molar-refractivity contribution in [1.82, 2.24) is 10.0 Å². The molecule has 8 heteroatoms. The lowest BCUT2D eigenvalue weighted by molar-refractivity contribution is -0.129. The highest BCUT2D eigenvalue weighted by Crippen LogP contribution is 2.12. The molecule has 0 bridgehead atoms. The van der Waals surface area contributed by atoms with Crippen molar-refractivity contribution in [3.05, 3.63) is 29.8 Å². The summed E-state index contributed by atoms with van der Waals surface area (Å²) in [6.07, 6.45) is -0.181. The first-order chi connectivity index (χ1) is 10.3. The van der Waals surface area contributed by atoms with E-state index in [0.717, 1.165) is 6.42 Å². The summed E-state index contributed by atoms with van der Waals surface area (Å²) < 4.78 is 30.6. The first kappa shape index (κ1) is 18.1. The van der Waals surface area contributed by atoms with Gasteiger partial charge in [0.25, 0.3) is 5.91 Å². The van der Waals surface area contributed by atoms with Gasteiger partial charge in [-0.2, -0.15) is 0 Å². The fourth-order valence-electron chi connectivity index (χ4n) is 1.58. The minimum atomic E-state index is -3.65. The van der Waals surface area contributed by atoms with Crippen LogP contribution in [0.25, 0.3) is 0 Å². The topological polar surface area (TPSA) is 102 Å². The molecule has 0 spiro atoms. The smallest absolute Gasteiger partial charge is 0.338 e. The van der Waals surface area contributed by atoms with Crippen LogP contribution in [-0.2, 0) is 19.6 Å². The fourth-order valence-corrected chi connectivity index (χ4v) is 2.36. The number of benzene rings is 1. The summed E-state index contributed by atoms with van der Waals surface area (Å²) in [5.41, 5.74) is 0.0615. The second-order valence-corrected chi connectivity index (χ2v) is 6.46. The summed E-state index contributed by atoms with van der Waals surface area (Å²) in [5, 5.41) is 2.61. The Labute approximate surface area is 130 Å². The van der Waals surface area contributed by atoms with E-state index in [9.17, 15) is 18.0 Å². The van der Waals surface area contributed by atoms with Gasteiger partial charge in [0.05, 0.1) is 10.5 Å². The number of hydrogen-bond acceptors (Lipinski definition) is 5. The van der Waals surface area contributed by atoms with Gasteiger partial charge >= 0.3 is 5.97 Å². The molecule has 0 fully saturated rings. The second-order valence-electron chi connectivity index (χ2n) is 4.57. The lowest BCUT2D eigenvalue weighted by Crippen LogP contribution is -2.36. The predicted octanol–water partition coefficient (Wildman–Crippen LogP) is 0.666. The number of amides is 1. The van der Waals surface area contributed by atoms with Crippen molar-refractivity contribution in [3.8, 4) is 0 Å². The number of rotatable bonds is 7. The van der Waals surface area contributed by atoms with Crippen LogP contribution >= 0.6 is 0 Å². The van der Waals surface area contributed by atoms with E-state index in [1.807, 2.05) is 6.92 Å². The van der Waals surface area contributed by atoms with E-state index in [0.29, 0.717) is 6.54 Å². The van der Waals surface area contributed by atoms with Gasteiger partial charge in [-0.05, 0) is 38.6 Å². The molecule has 0 aliphatic heterocycles. The van der Waals surface area contributed by atoms with Crippen LogP contribution in [0.4, 0.5) is 0 Å². The molecule has 1 atom stereocenters. The molecular weight excluding hydrogens is 308 g/mol. The molecule has 0 saturated carbocycles. The number of sulfonamides is 1. The third-order valence-corrected chi connectivity index (χ3v) is 4.26. The lowest BCUT2D eigenvalue weighted by Gasteiger charge is -2.13. The quantitative estimate of drug-likeness (QED) is 0.716. The predicted molar refractivity (Wildman–Crippen MR) is 80.9 cm³/mol. The maximum absolute atomic E-state index is 12.0. The van der Waals surface area contributed by atoms with Gasteiger partial charge in [-0.25, -0.2) is 17.9 Å². The first-order valence-corrected chi connectivity index (χ1v) is 8.32. The summed E-state index contributed by atoms with van der Waals surface area (Å²) in [5.74, 6) is -1.15. The van der Waals surface area contributed by atoms with Crippen molar-refractivity contribution in [2.75, 3.05) is 13.6 Å². The zero-order chi connectivity index (χ0) is 16.8. The molecule has 1 aromatic rings. The van der Waals surface area contributed by atoms with Gasteiger partial charge in [0.1, 0.15) is 0 Å². The van der Waals surface area contributed by atoms with E-state index in [2.05, 4.69) is 10.0 Å². The number of esters is 1. The van der Waals surface area contributed by atoms with Crippen molar-refractivity contribution in [3.63, 3.8) is 0 Å². The SMILES string of the molecule is CCCNC(=O)C(C)OC(=O)c1cccc(S(=O)(=O)NC)c1. The molecule has 1 aromatic carbocycles. The molecule has 0 radical (unpaired) electrons. The molecule has 0 saturated heterocycles. The molecule has 1 rings (SSSR count). The second kappa shape index (κ2) is 7.90. The van der Waals surface area contributed by atoms with Crippen molar-refractivity contribution in [2.45, 2.75) is 31.3 Å². The summed E-state index contributed by atoms with van der Waals surface area (Å²) in [4.78, 5) is 23.6. The van der Waals surface area contributed by atoms with Crippen molar-refractivity contribution >= 4 is 21.9 Å². The number of ether oxygens (including phenoxy) is 1. The van der Waals surface area contributed by atoms with Gasteiger partial charge in [-0.3, -0.25) is 4.79 Å². The van der Waals surface area contributed by atoms with E-state index in [1.54, 1.807) is 0 Å². The molecule has 122 valence electrons. The van der Waals surface area contributed by atoms with E-state index in [4.69, 9.17) is 4.74 Å². The first-order valence-electron chi connectivity index (χ1n) is 6.84. The van der Waals surface area contributed by atoms with Crippen molar-refractivity contribution in [1.29, 1.82) is 0 Å². The zero-order valence-corrected chi connectivity index (χ0v) is 13.6. The molecule has 0 aromatic heterocycles. The van der Waals surface area contributed by atoms with Gasteiger partial charge < -0.3 is 10.1 Å². The molecular formula is C14H20N2O5S. The largest absolute Gasteiger partial charge is 0.449 e. The van der Waals surface area contributed by atoms with Crippen LogP contribution in [-0.4, -0.2) is 40.0 Å². The van der Waals surface area contributed by atoms with Gasteiger partial charge in [-0.15, -0.1) is 0 Å². The zero-order valence-electron chi connectivity index (χ0n) is 12.8. The molecule has 7 nitrogen and oxygen atoms in total. The van der Waals surface area contributed by atoms with Gasteiger partial charge in [0.2, 0.25) is 10.0 Å². The third-order valence-electron chi connectivity index (χ3n) is 2.85. The summed E-state index contributed by atoms with van der Waals surface area (Å²) in [7, 11) is -2.37. The summed E-state index contributed by atoms with van der Waals surface area (Å²) in [6, 6.07) is 5.42. The normalized spacial score (nSPS) is 12.5. The molecule has 2 N–H and O–H groups in total. The molecule has 1 amide bonds. The van der Waals surface area contributed by atoms with Crippen LogP contribution < -0.4 is 10.0 Å². The maximum atomic E-state index is 12.0. The standard InChI is InChI=1S/C14H20N2O5S/c1-4-8-16-13(17)10(2)21-14(18)11-6-5-7-12(9-11)22(19,20)15-3/h5-7,9-10,15H,4,8H2,1-3H3,(H,16,17). The average molecular weight is 328 g/mol. The Kier molecular flexibility index (Phi) is 6.51. The molecule has 0 heterocycles. The third kappa shape index (κ3) is 4.81. The van der Waals surface area contributed by atoms with Crippen LogP contribution in [0.2, 0.25) is 0 Å². The monoisotopic (exact) mass is 328 g/mol.